The fourth-order valence-electron chi connectivity index (χ4n) is 4.00. The Morgan fingerprint density at radius 2 is 2.00 bits per heavy atom. The third-order valence-electron chi connectivity index (χ3n) is 5.44. The molecule has 0 fully saturated rings. The van der Waals surface area contributed by atoms with E-state index >= 15 is 0 Å². The molecule has 0 saturated carbocycles. The number of nitrogens with zero attached hydrogens (tertiary/aromatic N) is 2. The highest BCUT2D eigenvalue weighted by atomic mass is 127. The second-order valence-electron chi connectivity index (χ2n) is 8.17. The molecule has 1 aliphatic heterocycles. The van der Waals surface area contributed by atoms with Gasteiger partial charge in [0.25, 0.3) is 5.56 Å². The molecule has 6 nitrogen and oxygen atoms in total. The van der Waals surface area contributed by atoms with Gasteiger partial charge in [0.2, 0.25) is 0 Å². The molecule has 1 atom stereocenters. The molecule has 9 heteroatoms. The molecule has 35 heavy (non-hydrogen) atoms. The first kappa shape index (κ1) is 25.8. The zero-order chi connectivity index (χ0) is 25.3. The van der Waals surface area contributed by atoms with Gasteiger partial charge in [-0.2, -0.15) is 0 Å². The number of benzene rings is 2. The van der Waals surface area contributed by atoms with Crippen molar-refractivity contribution in [3.63, 3.8) is 0 Å². The average molecular weight is 667 g/mol. The van der Waals surface area contributed by atoms with Gasteiger partial charge in [0.15, 0.2) is 4.80 Å². The minimum absolute atomic E-state index is 0.0223. The predicted molar refractivity (Wildman–Crippen MR) is 149 cm³/mol. The topological polar surface area (TPSA) is 69.9 Å². The number of hydrogen-bond acceptors (Lipinski definition) is 6. The number of fused-ring (bicyclic) bond motifs is 1. The van der Waals surface area contributed by atoms with E-state index in [1.54, 1.807) is 4.57 Å². The average Bonchev–Trinajstić information content (AvgIpc) is 3.14. The molecular formula is C26H24BrIN2O4S. The van der Waals surface area contributed by atoms with Crippen molar-refractivity contribution in [2.75, 3.05) is 7.11 Å². The lowest BCUT2D eigenvalue weighted by molar-refractivity contribution is -0.136. The first-order valence-corrected chi connectivity index (χ1v) is 13.8. The molecule has 182 valence electrons. The molecule has 0 spiro atoms. The number of rotatable bonds is 6. The Kier molecular flexibility index (Phi) is 7.97. The standard InChI is InChI=1S/C26H24BrIN2O4S/c1-5-19-21(25(32)33-4)22(15-9-7-6-8-10-15)30-24(31)20(35-26(30)29-19)12-16-11-17(27)13-18(28)23(16)34-14(2)3/h6-14,22H,5H2,1-4H3/b20-12+/t22-/m0/s1. The molecule has 0 N–H and O–H groups in total. The molecule has 0 aliphatic carbocycles. The minimum Gasteiger partial charge on any atom is -0.489 e. The van der Waals surface area contributed by atoms with Crippen LogP contribution < -0.4 is 19.6 Å². The van der Waals surface area contributed by atoms with Gasteiger partial charge in [-0.25, -0.2) is 9.79 Å². The Morgan fingerprint density at radius 3 is 2.63 bits per heavy atom. The van der Waals surface area contributed by atoms with Gasteiger partial charge in [-0.15, -0.1) is 0 Å². The number of allylic oxidation sites excluding steroid dienone is 1. The highest BCUT2D eigenvalue weighted by Crippen LogP contribution is 2.33. The number of carbonyl (C=O) groups is 1. The number of aromatic nitrogens is 1. The Balaban J connectivity index is 2.00. The van der Waals surface area contributed by atoms with E-state index in [4.69, 9.17) is 14.5 Å². The molecular weight excluding hydrogens is 643 g/mol. The van der Waals surface area contributed by atoms with Crippen LogP contribution in [0.2, 0.25) is 0 Å². The summed E-state index contributed by atoms with van der Waals surface area (Å²) in [5, 5.41) is 0. The van der Waals surface area contributed by atoms with Gasteiger partial charge in [-0.05, 0) is 66.6 Å². The number of esters is 1. The molecule has 0 bridgehead atoms. The van der Waals surface area contributed by atoms with E-state index in [0.29, 0.717) is 27.0 Å². The third-order valence-corrected chi connectivity index (χ3v) is 7.68. The molecule has 0 amide bonds. The maximum Gasteiger partial charge on any atom is 0.338 e. The zero-order valence-corrected chi connectivity index (χ0v) is 24.2. The van der Waals surface area contributed by atoms with E-state index < -0.39 is 12.0 Å². The molecule has 0 unspecified atom stereocenters. The monoisotopic (exact) mass is 666 g/mol. The molecule has 3 aromatic rings. The summed E-state index contributed by atoms with van der Waals surface area (Å²) in [4.78, 5) is 32.0. The quantitative estimate of drug-likeness (QED) is 0.276. The lowest BCUT2D eigenvalue weighted by atomic mass is 9.95. The van der Waals surface area contributed by atoms with Gasteiger partial charge in [-0.3, -0.25) is 9.36 Å². The second-order valence-corrected chi connectivity index (χ2v) is 11.3. The van der Waals surface area contributed by atoms with Crippen LogP contribution in [0.5, 0.6) is 5.75 Å². The van der Waals surface area contributed by atoms with Crippen molar-refractivity contribution in [3.05, 3.63) is 92.6 Å². The second kappa shape index (κ2) is 10.8. The van der Waals surface area contributed by atoms with Gasteiger partial charge in [0.05, 0.1) is 38.6 Å². The maximum atomic E-state index is 13.8. The summed E-state index contributed by atoms with van der Waals surface area (Å²) >= 11 is 7.09. The third kappa shape index (κ3) is 5.17. The summed E-state index contributed by atoms with van der Waals surface area (Å²) in [6.45, 7) is 5.88. The number of methoxy groups -OCH3 is 1. The molecule has 4 rings (SSSR count). The minimum atomic E-state index is -0.619. The number of thiazole rings is 1. The Hall–Kier alpha value is -2.24. The molecule has 1 aliphatic rings. The van der Waals surface area contributed by atoms with Crippen LogP contribution in [0.25, 0.3) is 6.08 Å². The van der Waals surface area contributed by atoms with Crippen LogP contribution in [0.3, 0.4) is 0 Å². The Labute approximate surface area is 229 Å². The smallest absolute Gasteiger partial charge is 0.338 e. The molecule has 2 aromatic carbocycles. The maximum absolute atomic E-state index is 13.8. The SMILES string of the molecule is CCC1=C(C(=O)OC)[C@H](c2ccccc2)n2c(s/c(=C/c3cc(Br)cc(I)c3OC(C)C)c2=O)=N1. The summed E-state index contributed by atoms with van der Waals surface area (Å²) in [7, 11) is 1.35. The lowest BCUT2D eigenvalue weighted by Gasteiger charge is -2.25. The van der Waals surface area contributed by atoms with Crippen molar-refractivity contribution >= 4 is 61.9 Å². The molecule has 0 saturated heterocycles. The van der Waals surface area contributed by atoms with Crippen molar-refractivity contribution in [1.29, 1.82) is 0 Å². The van der Waals surface area contributed by atoms with Crippen LogP contribution in [0.15, 0.2) is 68.0 Å². The first-order chi connectivity index (χ1) is 16.7. The number of ether oxygens (including phenoxy) is 2. The largest absolute Gasteiger partial charge is 0.489 e. The Bertz CT molecular complexity index is 1490. The summed E-state index contributed by atoms with van der Waals surface area (Å²) < 4.78 is 15.1. The van der Waals surface area contributed by atoms with Gasteiger partial charge in [0, 0.05) is 10.0 Å². The number of hydrogen-bond donors (Lipinski definition) is 0. The number of halogens is 2. The van der Waals surface area contributed by atoms with E-state index in [2.05, 4.69) is 38.5 Å². The van der Waals surface area contributed by atoms with Crippen LogP contribution >= 0.6 is 49.9 Å². The van der Waals surface area contributed by atoms with Crippen LogP contribution in [-0.2, 0) is 9.53 Å². The first-order valence-electron chi connectivity index (χ1n) is 11.1. The number of carbonyl (C=O) groups excluding carboxylic acids is 1. The summed E-state index contributed by atoms with van der Waals surface area (Å²) in [5.74, 6) is 0.238. The molecule has 0 radical (unpaired) electrons. The van der Waals surface area contributed by atoms with Gasteiger partial charge < -0.3 is 9.47 Å². The fraction of sp³-hybridized carbons (Fsp3) is 0.269. The van der Waals surface area contributed by atoms with Crippen molar-refractivity contribution in [2.45, 2.75) is 39.3 Å². The highest BCUT2D eigenvalue weighted by molar-refractivity contribution is 14.1. The van der Waals surface area contributed by atoms with E-state index in [1.165, 1.54) is 18.4 Å². The van der Waals surface area contributed by atoms with E-state index in [-0.39, 0.29) is 11.7 Å². The van der Waals surface area contributed by atoms with Crippen molar-refractivity contribution in [1.82, 2.24) is 4.57 Å². The van der Waals surface area contributed by atoms with E-state index in [9.17, 15) is 9.59 Å². The lowest BCUT2D eigenvalue weighted by Crippen LogP contribution is -2.40. The van der Waals surface area contributed by atoms with Crippen LogP contribution in [-0.4, -0.2) is 23.8 Å². The summed E-state index contributed by atoms with van der Waals surface area (Å²) in [5.41, 5.74) is 2.41. The van der Waals surface area contributed by atoms with Crippen LogP contribution in [0.4, 0.5) is 0 Å². The Morgan fingerprint density at radius 1 is 1.29 bits per heavy atom. The van der Waals surface area contributed by atoms with E-state index in [1.807, 2.05) is 69.3 Å². The van der Waals surface area contributed by atoms with Crippen molar-refractivity contribution < 1.29 is 14.3 Å². The fourth-order valence-corrected chi connectivity index (χ4v) is 6.69. The molecule has 2 heterocycles. The normalized spacial score (nSPS) is 15.7. The zero-order valence-electron chi connectivity index (χ0n) is 19.7. The summed E-state index contributed by atoms with van der Waals surface area (Å²) in [6.07, 6.45) is 2.35. The van der Waals surface area contributed by atoms with Crippen molar-refractivity contribution in [2.24, 2.45) is 4.99 Å². The molecule has 1 aromatic heterocycles. The van der Waals surface area contributed by atoms with Gasteiger partial charge in [0.1, 0.15) is 5.75 Å². The van der Waals surface area contributed by atoms with E-state index in [0.717, 1.165) is 24.9 Å². The van der Waals surface area contributed by atoms with Gasteiger partial charge in [-0.1, -0.05) is 64.5 Å². The predicted octanol–water partition coefficient (Wildman–Crippen LogP) is 4.95. The summed E-state index contributed by atoms with van der Waals surface area (Å²) in [6, 6.07) is 12.8. The van der Waals surface area contributed by atoms with Crippen LogP contribution in [0.1, 0.15) is 44.4 Å². The van der Waals surface area contributed by atoms with Crippen molar-refractivity contribution in [3.8, 4) is 5.75 Å². The highest BCUT2D eigenvalue weighted by Gasteiger charge is 2.33. The van der Waals surface area contributed by atoms with Gasteiger partial charge >= 0.3 is 5.97 Å². The van der Waals surface area contributed by atoms with Crippen LogP contribution in [0, 0.1) is 3.57 Å².